The molecule has 0 unspecified atom stereocenters. The summed E-state index contributed by atoms with van der Waals surface area (Å²) in [5.74, 6) is 1.07. The van der Waals surface area contributed by atoms with Gasteiger partial charge in [0.25, 0.3) is 0 Å². The van der Waals surface area contributed by atoms with Gasteiger partial charge in [-0.3, -0.25) is 9.69 Å². The molecule has 0 N–H and O–H groups in total. The van der Waals surface area contributed by atoms with Crippen LogP contribution in [0, 0.1) is 0 Å². The fourth-order valence-electron chi connectivity index (χ4n) is 4.55. The monoisotopic (exact) mass is 374 g/mol. The van der Waals surface area contributed by atoms with E-state index in [0.717, 1.165) is 64.2 Å². The highest BCUT2D eigenvalue weighted by atomic mass is 16.5. The first-order valence-electron chi connectivity index (χ1n) is 10.1. The number of benzene rings is 1. The maximum atomic E-state index is 12.2. The normalized spacial score (nSPS) is 24.8. The molecule has 6 heteroatoms. The zero-order valence-electron chi connectivity index (χ0n) is 16.2. The van der Waals surface area contributed by atoms with Gasteiger partial charge in [0.2, 0.25) is 5.91 Å². The van der Waals surface area contributed by atoms with Gasteiger partial charge >= 0.3 is 0 Å². The molecule has 3 aliphatic heterocycles. The van der Waals surface area contributed by atoms with E-state index < -0.39 is 0 Å². The highest BCUT2D eigenvalue weighted by Crippen LogP contribution is 2.36. The van der Waals surface area contributed by atoms with Crippen molar-refractivity contribution >= 4 is 5.91 Å². The Hall–Kier alpha value is -1.63. The molecule has 0 aromatic heterocycles. The molecule has 1 amide bonds. The molecule has 0 saturated carbocycles. The van der Waals surface area contributed by atoms with Crippen LogP contribution < -0.4 is 4.74 Å². The van der Waals surface area contributed by atoms with Crippen molar-refractivity contribution in [2.24, 2.45) is 0 Å². The quantitative estimate of drug-likeness (QED) is 0.763. The third-order valence-electron chi connectivity index (χ3n) is 5.96. The summed E-state index contributed by atoms with van der Waals surface area (Å²) in [5.41, 5.74) is 1.09. The van der Waals surface area contributed by atoms with Gasteiger partial charge in [0, 0.05) is 51.3 Å². The molecule has 3 heterocycles. The van der Waals surface area contributed by atoms with Gasteiger partial charge < -0.3 is 19.1 Å². The van der Waals surface area contributed by atoms with Gasteiger partial charge in [-0.2, -0.15) is 0 Å². The number of amides is 1. The van der Waals surface area contributed by atoms with E-state index in [1.807, 2.05) is 23.1 Å². The molecule has 4 rings (SSSR count). The molecule has 3 aliphatic rings. The second-order valence-corrected chi connectivity index (χ2v) is 8.00. The summed E-state index contributed by atoms with van der Waals surface area (Å²) < 4.78 is 17.5. The maximum Gasteiger partial charge on any atom is 0.248 e. The van der Waals surface area contributed by atoms with Crippen molar-refractivity contribution in [3.05, 3.63) is 29.8 Å². The Bertz CT molecular complexity index is 653. The number of para-hydroxylation sites is 1. The smallest absolute Gasteiger partial charge is 0.248 e. The van der Waals surface area contributed by atoms with E-state index >= 15 is 0 Å². The largest absolute Gasteiger partial charge is 0.496 e. The van der Waals surface area contributed by atoms with Crippen LogP contribution in [0.15, 0.2) is 24.3 Å². The molecule has 1 spiro atoms. The molecule has 27 heavy (non-hydrogen) atoms. The number of hydrogen-bond donors (Lipinski definition) is 0. The average Bonchev–Trinajstić information content (AvgIpc) is 3.20. The Morgan fingerprint density at radius 2 is 2.04 bits per heavy atom. The number of likely N-dealkylation sites (tertiary alicyclic amines) is 2. The summed E-state index contributed by atoms with van der Waals surface area (Å²) in [5, 5.41) is 0. The van der Waals surface area contributed by atoms with Crippen LogP contribution in [-0.4, -0.2) is 73.9 Å². The Morgan fingerprint density at radius 1 is 1.26 bits per heavy atom. The summed E-state index contributed by atoms with van der Waals surface area (Å²) >= 11 is 0. The first-order chi connectivity index (χ1) is 13.2. The summed E-state index contributed by atoms with van der Waals surface area (Å²) in [7, 11) is 1.71. The third kappa shape index (κ3) is 4.28. The SMILES string of the molecule is COc1ccccc1CN1CC2(C[C@H](OCC(=O)N3CCCC3)CCO2)C1. The Labute approximate surface area is 161 Å². The van der Waals surface area contributed by atoms with Gasteiger partial charge in [-0.05, 0) is 25.3 Å². The molecule has 0 bridgehead atoms. The lowest BCUT2D eigenvalue weighted by atomic mass is 9.84. The highest BCUT2D eigenvalue weighted by molar-refractivity contribution is 5.77. The van der Waals surface area contributed by atoms with E-state index in [0.29, 0.717) is 6.61 Å². The molecule has 3 fully saturated rings. The van der Waals surface area contributed by atoms with Crippen LogP contribution in [0.1, 0.15) is 31.2 Å². The second kappa shape index (κ2) is 8.17. The van der Waals surface area contributed by atoms with E-state index in [-0.39, 0.29) is 24.2 Å². The lowest BCUT2D eigenvalue weighted by Crippen LogP contribution is -2.65. The van der Waals surface area contributed by atoms with Gasteiger partial charge in [-0.1, -0.05) is 18.2 Å². The molecule has 1 aromatic rings. The number of nitrogens with zero attached hydrogens (tertiary/aromatic N) is 2. The average molecular weight is 374 g/mol. The molecule has 1 atom stereocenters. The van der Waals surface area contributed by atoms with Crippen molar-refractivity contribution in [2.75, 3.05) is 46.5 Å². The Balaban J connectivity index is 1.25. The van der Waals surface area contributed by atoms with Crippen LogP contribution in [-0.2, 0) is 20.8 Å². The molecular formula is C21H30N2O4. The van der Waals surface area contributed by atoms with E-state index in [2.05, 4.69) is 11.0 Å². The van der Waals surface area contributed by atoms with Gasteiger partial charge in [-0.15, -0.1) is 0 Å². The predicted molar refractivity (Wildman–Crippen MR) is 102 cm³/mol. The Kier molecular flexibility index (Phi) is 5.66. The molecule has 3 saturated heterocycles. The molecule has 1 aromatic carbocycles. The second-order valence-electron chi connectivity index (χ2n) is 8.00. The molecule has 0 radical (unpaired) electrons. The van der Waals surface area contributed by atoms with Crippen LogP contribution in [0.4, 0.5) is 0 Å². The van der Waals surface area contributed by atoms with E-state index in [4.69, 9.17) is 14.2 Å². The minimum absolute atomic E-state index is 0.110. The van der Waals surface area contributed by atoms with Gasteiger partial charge in [0.05, 0.1) is 18.8 Å². The minimum Gasteiger partial charge on any atom is -0.496 e. The van der Waals surface area contributed by atoms with Crippen molar-refractivity contribution in [1.82, 2.24) is 9.80 Å². The number of carbonyl (C=O) groups is 1. The third-order valence-corrected chi connectivity index (χ3v) is 5.96. The summed E-state index contributed by atoms with van der Waals surface area (Å²) in [4.78, 5) is 16.5. The lowest BCUT2D eigenvalue weighted by Gasteiger charge is -2.53. The van der Waals surface area contributed by atoms with Crippen LogP contribution in [0.5, 0.6) is 5.75 Å². The van der Waals surface area contributed by atoms with Crippen LogP contribution in [0.3, 0.4) is 0 Å². The molecule has 148 valence electrons. The summed E-state index contributed by atoms with van der Waals surface area (Å²) in [6.07, 6.45) is 4.12. The van der Waals surface area contributed by atoms with Gasteiger partial charge in [-0.25, -0.2) is 0 Å². The van der Waals surface area contributed by atoms with Crippen molar-refractivity contribution in [3.63, 3.8) is 0 Å². The first-order valence-corrected chi connectivity index (χ1v) is 10.1. The Morgan fingerprint density at radius 3 is 2.81 bits per heavy atom. The maximum absolute atomic E-state index is 12.2. The van der Waals surface area contributed by atoms with Crippen LogP contribution in [0.25, 0.3) is 0 Å². The number of ether oxygens (including phenoxy) is 3. The number of rotatable bonds is 6. The van der Waals surface area contributed by atoms with Crippen molar-refractivity contribution < 1.29 is 19.0 Å². The van der Waals surface area contributed by atoms with E-state index in [9.17, 15) is 4.79 Å². The van der Waals surface area contributed by atoms with Crippen molar-refractivity contribution in [1.29, 1.82) is 0 Å². The topological polar surface area (TPSA) is 51.2 Å². The first kappa shape index (κ1) is 18.7. The van der Waals surface area contributed by atoms with E-state index in [1.165, 1.54) is 5.56 Å². The zero-order valence-corrected chi connectivity index (χ0v) is 16.2. The number of methoxy groups -OCH3 is 1. The standard InChI is InChI=1S/C21H30N2O4/c1-25-19-7-3-2-6-17(19)13-22-15-21(16-22)12-18(8-11-27-21)26-14-20(24)23-9-4-5-10-23/h2-3,6-7,18H,4-5,8-16H2,1H3/t18-/m1/s1. The highest BCUT2D eigenvalue weighted by Gasteiger charge is 2.47. The summed E-state index contributed by atoms with van der Waals surface area (Å²) in [6.45, 7) is 5.39. The van der Waals surface area contributed by atoms with Crippen LogP contribution in [0.2, 0.25) is 0 Å². The van der Waals surface area contributed by atoms with Gasteiger partial charge in [0.1, 0.15) is 12.4 Å². The van der Waals surface area contributed by atoms with Gasteiger partial charge in [0.15, 0.2) is 0 Å². The minimum atomic E-state index is -0.110. The predicted octanol–water partition coefficient (Wildman–Crippen LogP) is 2.07. The number of carbonyl (C=O) groups excluding carboxylic acids is 1. The number of hydrogen-bond acceptors (Lipinski definition) is 5. The fourth-order valence-corrected chi connectivity index (χ4v) is 4.55. The molecule has 6 nitrogen and oxygen atoms in total. The zero-order chi connectivity index (χ0) is 18.7. The molecular weight excluding hydrogens is 344 g/mol. The summed E-state index contributed by atoms with van der Waals surface area (Å²) in [6, 6.07) is 8.16. The lowest BCUT2D eigenvalue weighted by molar-refractivity contribution is -0.200. The van der Waals surface area contributed by atoms with Crippen LogP contribution >= 0.6 is 0 Å². The van der Waals surface area contributed by atoms with E-state index in [1.54, 1.807) is 7.11 Å². The molecule has 0 aliphatic carbocycles. The van der Waals surface area contributed by atoms with Crippen molar-refractivity contribution in [2.45, 2.75) is 43.9 Å². The van der Waals surface area contributed by atoms with Crippen molar-refractivity contribution in [3.8, 4) is 5.75 Å². The fraction of sp³-hybridized carbons (Fsp3) is 0.667.